The maximum absolute atomic E-state index is 12.5. The van der Waals surface area contributed by atoms with Crippen LogP contribution in [0.1, 0.15) is 56.5 Å². The molecule has 0 spiro atoms. The fourth-order valence-corrected chi connectivity index (χ4v) is 3.83. The van der Waals surface area contributed by atoms with Crippen molar-refractivity contribution in [2.24, 2.45) is 5.41 Å². The van der Waals surface area contributed by atoms with Gasteiger partial charge in [-0.2, -0.15) is 0 Å². The number of hydrogen-bond acceptors (Lipinski definition) is 5. The summed E-state index contributed by atoms with van der Waals surface area (Å²) in [5.74, 6) is -0.158. The predicted molar refractivity (Wildman–Crippen MR) is 109 cm³/mol. The third-order valence-electron chi connectivity index (χ3n) is 4.61. The van der Waals surface area contributed by atoms with Crippen molar-refractivity contribution in [3.05, 3.63) is 40.4 Å². The van der Waals surface area contributed by atoms with E-state index in [2.05, 4.69) is 15.6 Å². The summed E-state index contributed by atoms with van der Waals surface area (Å²) in [7, 11) is 0. The zero-order valence-electron chi connectivity index (χ0n) is 16.0. The van der Waals surface area contributed by atoms with Gasteiger partial charge in [-0.25, -0.2) is 4.98 Å². The van der Waals surface area contributed by atoms with Gasteiger partial charge in [-0.15, -0.1) is 11.3 Å². The third kappa shape index (κ3) is 4.86. The molecule has 1 aliphatic rings. The smallest absolute Gasteiger partial charge is 0.231 e. The molecule has 3 rings (SSSR count). The van der Waals surface area contributed by atoms with Crippen molar-refractivity contribution in [1.29, 1.82) is 0 Å². The van der Waals surface area contributed by atoms with Crippen LogP contribution in [0.2, 0.25) is 0 Å². The summed E-state index contributed by atoms with van der Waals surface area (Å²) in [6.07, 6.45) is 3.14. The third-order valence-corrected chi connectivity index (χ3v) is 5.42. The van der Waals surface area contributed by atoms with E-state index in [0.29, 0.717) is 10.8 Å². The monoisotopic (exact) mass is 386 g/mol. The van der Waals surface area contributed by atoms with Crippen molar-refractivity contribution in [2.45, 2.75) is 52.5 Å². The van der Waals surface area contributed by atoms with Gasteiger partial charge in [-0.3, -0.25) is 9.59 Å². The van der Waals surface area contributed by atoms with Gasteiger partial charge in [-0.05, 0) is 42.5 Å². The molecule has 0 saturated carbocycles. The van der Waals surface area contributed by atoms with E-state index in [9.17, 15) is 9.59 Å². The number of anilines is 2. The molecule has 1 unspecified atom stereocenters. The Bertz CT molecular complexity index is 854. The van der Waals surface area contributed by atoms with Crippen LogP contribution in [-0.4, -0.2) is 16.8 Å². The number of aryl methyl sites for hydroxylation is 1. The molecule has 27 heavy (non-hydrogen) atoms. The van der Waals surface area contributed by atoms with Crippen molar-refractivity contribution in [2.75, 3.05) is 11.1 Å². The molecule has 4 N–H and O–H groups in total. The topological polar surface area (TPSA) is 97.1 Å². The lowest BCUT2D eigenvalue weighted by Crippen LogP contribution is -2.32. The van der Waals surface area contributed by atoms with Gasteiger partial charge in [0.15, 0.2) is 5.13 Å². The average molecular weight is 387 g/mol. The van der Waals surface area contributed by atoms with E-state index >= 15 is 0 Å². The van der Waals surface area contributed by atoms with Crippen LogP contribution in [0.15, 0.2) is 23.6 Å². The molecule has 2 amide bonds. The van der Waals surface area contributed by atoms with E-state index in [0.717, 1.165) is 30.5 Å². The lowest BCUT2D eigenvalue weighted by Gasteiger charge is -2.26. The molecule has 0 fully saturated rings. The number of nitrogens with zero attached hydrogens (tertiary/aromatic N) is 1. The Labute approximate surface area is 163 Å². The lowest BCUT2D eigenvalue weighted by molar-refractivity contribution is -0.123. The highest BCUT2D eigenvalue weighted by Crippen LogP contribution is 2.31. The number of carbonyl (C=O) groups is 2. The Morgan fingerprint density at radius 1 is 1.33 bits per heavy atom. The first-order valence-electron chi connectivity index (χ1n) is 9.16. The molecule has 0 aliphatic heterocycles. The van der Waals surface area contributed by atoms with E-state index in [1.54, 1.807) is 0 Å². The standard InChI is InChI=1S/C20H26N4O2S/c1-20(2,3)18(26)24-19-22-14(11-27-19)10-17(25)23-16-6-4-5-12-9-13(21)7-8-15(12)16/h7-9,11,16H,4-6,10,21H2,1-3H3,(H,23,25)(H,22,24,26). The van der Waals surface area contributed by atoms with Crippen LogP contribution in [-0.2, 0) is 22.4 Å². The van der Waals surface area contributed by atoms with Crippen molar-refractivity contribution >= 4 is 34.0 Å². The number of fused-ring (bicyclic) bond motifs is 1. The van der Waals surface area contributed by atoms with Crippen LogP contribution in [0, 0.1) is 5.41 Å². The Morgan fingerprint density at radius 3 is 2.85 bits per heavy atom. The van der Waals surface area contributed by atoms with Crippen molar-refractivity contribution in [1.82, 2.24) is 10.3 Å². The zero-order valence-corrected chi connectivity index (χ0v) is 16.8. The highest BCUT2D eigenvalue weighted by molar-refractivity contribution is 7.13. The van der Waals surface area contributed by atoms with Crippen LogP contribution >= 0.6 is 11.3 Å². The minimum atomic E-state index is -0.485. The summed E-state index contributed by atoms with van der Waals surface area (Å²) in [5, 5.41) is 8.25. The molecule has 1 heterocycles. The van der Waals surface area contributed by atoms with Gasteiger partial charge in [0.2, 0.25) is 11.8 Å². The van der Waals surface area contributed by atoms with Gasteiger partial charge in [0, 0.05) is 16.5 Å². The number of amides is 2. The first kappa shape index (κ1) is 19.4. The second-order valence-electron chi connectivity index (χ2n) is 8.00. The van der Waals surface area contributed by atoms with Gasteiger partial charge in [-0.1, -0.05) is 26.8 Å². The lowest BCUT2D eigenvalue weighted by atomic mass is 9.87. The molecule has 0 saturated heterocycles. The Morgan fingerprint density at radius 2 is 2.11 bits per heavy atom. The number of hydrogen-bond donors (Lipinski definition) is 3. The van der Waals surface area contributed by atoms with Gasteiger partial charge < -0.3 is 16.4 Å². The van der Waals surface area contributed by atoms with Crippen LogP contribution in [0.25, 0.3) is 0 Å². The van der Waals surface area contributed by atoms with Gasteiger partial charge in [0.1, 0.15) is 0 Å². The largest absolute Gasteiger partial charge is 0.399 e. The number of nitrogens with one attached hydrogen (secondary N) is 2. The fraction of sp³-hybridized carbons (Fsp3) is 0.450. The number of carbonyl (C=O) groups excluding carboxylic acids is 2. The number of nitrogen functional groups attached to an aromatic ring is 1. The second-order valence-corrected chi connectivity index (χ2v) is 8.85. The molecular weight excluding hydrogens is 360 g/mol. The van der Waals surface area contributed by atoms with E-state index in [1.165, 1.54) is 16.9 Å². The number of nitrogens with two attached hydrogens (primary N) is 1. The molecule has 1 aromatic carbocycles. The summed E-state index contributed by atoms with van der Waals surface area (Å²) < 4.78 is 0. The van der Waals surface area contributed by atoms with Crippen LogP contribution in [0.5, 0.6) is 0 Å². The maximum atomic E-state index is 12.5. The summed E-state index contributed by atoms with van der Waals surface area (Å²) in [5.41, 5.74) is 9.17. The summed E-state index contributed by atoms with van der Waals surface area (Å²) >= 11 is 1.34. The minimum absolute atomic E-state index is 0.0144. The normalized spacial score (nSPS) is 16.5. The quantitative estimate of drug-likeness (QED) is 0.701. The van der Waals surface area contributed by atoms with Crippen molar-refractivity contribution in [3.63, 3.8) is 0 Å². The van der Waals surface area contributed by atoms with E-state index in [1.807, 2.05) is 44.4 Å². The van der Waals surface area contributed by atoms with Crippen LogP contribution < -0.4 is 16.4 Å². The van der Waals surface area contributed by atoms with E-state index in [-0.39, 0.29) is 24.3 Å². The number of rotatable bonds is 4. The first-order chi connectivity index (χ1) is 12.7. The van der Waals surface area contributed by atoms with Crippen LogP contribution in [0.3, 0.4) is 0 Å². The molecule has 6 nitrogen and oxygen atoms in total. The molecule has 0 radical (unpaired) electrons. The number of thiazole rings is 1. The van der Waals surface area contributed by atoms with E-state index < -0.39 is 5.41 Å². The highest BCUT2D eigenvalue weighted by atomic mass is 32.1. The summed E-state index contributed by atoms with van der Waals surface area (Å²) in [4.78, 5) is 28.9. The predicted octanol–water partition coefficient (Wildman–Crippen LogP) is 3.45. The molecule has 1 atom stereocenters. The Kier molecular flexibility index (Phi) is 5.51. The first-order valence-corrected chi connectivity index (χ1v) is 10.0. The molecule has 2 aromatic rings. The molecule has 1 aromatic heterocycles. The van der Waals surface area contributed by atoms with Crippen molar-refractivity contribution in [3.8, 4) is 0 Å². The SMILES string of the molecule is CC(C)(C)C(=O)Nc1nc(CC(=O)NC2CCCc3cc(N)ccc32)cs1. The van der Waals surface area contributed by atoms with E-state index in [4.69, 9.17) is 5.73 Å². The zero-order chi connectivity index (χ0) is 19.6. The Hall–Kier alpha value is -2.41. The average Bonchev–Trinajstić information content (AvgIpc) is 3.00. The molecule has 1 aliphatic carbocycles. The van der Waals surface area contributed by atoms with Gasteiger partial charge in [0.25, 0.3) is 0 Å². The Balaban J connectivity index is 1.60. The summed E-state index contributed by atoms with van der Waals surface area (Å²) in [6.45, 7) is 5.54. The number of aromatic nitrogens is 1. The van der Waals surface area contributed by atoms with Crippen LogP contribution in [0.4, 0.5) is 10.8 Å². The minimum Gasteiger partial charge on any atom is -0.399 e. The fourth-order valence-electron chi connectivity index (χ4n) is 3.12. The second kappa shape index (κ2) is 7.68. The maximum Gasteiger partial charge on any atom is 0.231 e. The molecule has 144 valence electrons. The molecule has 7 heteroatoms. The molecular formula is C20H26N4O2S. The van der Waals surface area contributed by atoms with Gasteiger partial charge in [0.05, 0.1) is 18.2 Å². The molecule has 0 bridgehead atoms. The number of benzene rings is 1. The summed E-state index contributed by atoms with van der Waals surface area (Å²) in [6, 6.07) is 5.91. The van der Waals surface area contributed by atoms with Gasteiger partial charge >= 0.3 is 0 Å². The van der Waals surface area contributed by atoms with Crippen molar-refractivity contribution < 1.29 is 9.59 Å². The highest BCUT2D eigenvalue weighted by Gasteiger charge is 2.24.